The zero-order chi connectivity index (χ0) is 9.73. The number of hydrogen-bond donors (Lipinski definition) is 0. The van der Waals surface area contributed by atoms with E-state index in [9.17, 15) is 0 Å². The molecule has 0 aromatic carbocycles. The molecule has 1 aromatic heterocycles. The first-order valence-electron chi connectivity index (χ1n) is 4.83. The summed E-state index contributed by atoms with van der Waals surface area (Å²) in [5, 5.41) is 0. The highest BCUT2D eigenvalue weighted by Gasteiger charge is 2.09. The third kappa shape index (κ3) is 4.61. The number of rotatable bonds is 3. The Morgan fingerprint density at radius 1 is 1.23 bits per heavy atom. The molecule has 0 aliphatic rings. The van der Waals surface area contributed by atoms with Crippen LogP contribution in [0.1, 0.15) is 39.3 Å². The Hall–Kier alpha value is -0.920. The molecular weight excluding hydrogens is 160 g/mol. The van der Waals surface area contributed by atoms with Gasteiger partial charge in [0, 0.05) is 18.6 Å². The van der Waals surface area contributed by atoms with E-state index < -0.39 is 0 Å². The Kier molecular flexibility index (Phi) is 3.40. The van der Waals surface area contributed by atoms with Gasteiger partial charge in [0.25, 0.3) is 0 Å². The molecule has 13 heavy (non-hydrogen) atoms. The maximum Gasteiger partial charge on any atom is 0.0586 e. The van der Waals surface area contributed by atoms with Crippen molar-refractivity contribution in [3.8, 4) is 0 Å². The van der Waals surface area contributed by atoms with Crippen LogP contribution in [0.3, 0.4) is 0 Å². The Bertz CT molecular complexity index is 236. The first-order valence-corrected chi connectivity index (χ1v) is 4.83. The van der Waals surface area contributed by atoms with E-state index in [2.05, 4.69) is 30.7 Å². The molecule has 0 saturated carbocycles. The highest BCUT2D eigenvalue weighted by molar-refractivity contribution is 4.94. The van der Waals surface area contributed by atoms with Crippen LogP contribution in [0.25, 0.3) is 0 Å². The lowest BCUT2D eigenvalue weighted by atomic mass is 9.89. The molecule has 0 spiro atoms. The van der Waals surface area contributed by atoms with Gasteiger partial charge in [-0.05, 0) is 24.7 Å². The van der Waals surface area contributed by atoms with Crippen molar-refractivity contribution < 1.29 is 0 Å². The third-order valence-corrected chi connectivity index (χ3v) is 1.98. The summed E-state index contributed by atoms with van der Waals surface area (Å²) in [6.07, 6.45) is 8.80. The van der Waals surface area contributed by atoms with Gasteiger partial charge in [-0.15, -0.1) is 0 Å². The van der Waals surface area contributed by atoms with Crippen LogP contribution < -0.4 is 0 Å². The van der Waals surface area contributed by atoms with E-state index in [0.717, 1.165) is 12.1 Å². The summed E-state index contributed by atoms with van der Waals surface area (Å²) in [5.74, 6) is 0. The molecule has 0 unspecified atom stereocenters. The van der Waals surface area contributed by atoms with Crippen LogP contribution in [-0.2, 0) is 6.42 Å². The number of aromatic nitrogens is 2. The van der Waals surface area contributed by atoms with Crippen LogP contribution in [-0.4, -0.2) is 9.97 Å². The van der Waals surface area contributed by atoms with Gasteiger partial charge in [0.05, 0.1) is 5.69 Å². The average molecular weight is 178 g/mol. The number of hydrogen-bond acceptors (Lipinski definition) is 2. The normalized spacial score (nSPS) is 11.6. The Labute approximate surface area is 80.4 Å². The second kappa shape index (κ2) is 4.35. The van der Waals surface area contributed by atoms with Gasteiger partial charge in [0.1, 0.15) is 0 Å². The van der Waals surface area contributed by atoms with Gasteiger partial charge < -0.3 is 0 Å². The van der Waals surface area contributed by atoms with E-state index in [1.807, 2.05) is 6.20 Å². The summed E-state index contributed by atoms with van der Waals surface area (Å²) >= 11 is 0. The first kappa shape index (κ1) is 10.2. The summed E-state index contributed by atoms with van der Waals surface area (Å²) in [6.45, 7) is 6.80. The summed E-state index contributed by atoms with van der Waals surface area (Å²) in [6, 6.07) is 0. The summed E-state index contributed by atoms with van der Waals surface area (Å²) < 4.78 is 0. The second-order valence-electron chi connectivity index (χ2n) is 4.61. The van der Waals surface area contributed by atoms with E-state index in [-0.39, 0.29) is 0 Å². The minimum absolute atomic E-state index is 0.433. The molecule has 1 heterocycles. The number of aryl methyl sites for hydroxylation is 1. The Balaban J connectivity index is 2.29. The van der Waals surface area contributed by atoms with Crippen LogP contribution >= 0.6 is 0 Å². The lowest BCUT2D eigenvalue weighted by Crippen LogP contribution is -2.05. The standard InChI is InChI=1S/C11H18N2/c1-11(2,3)6-4-5-10-9-12-7-8-13-10/h7-9H,4-6H2,1-3H3. The molecule has 0 fully saturated rings. The van der Waals surface area contributed by atoms with Crippen molar-refractivity contribution >= 4 is 0 Å². The molecule has 0 amide bonds. The Morgan fingerprint density at radius 2 is 2.00 bits per heavy atom. The fourth-order valence-corrected chi connectivity index (χ4v) is 1.26. The van der Waals surface area contributed by atoms with Crippen molar-refractivity contribution in [3.05, 3.63) is 24.3 Å². The smallest absolute Gasteiger partial charge is 0.0586 e. The molecule has 1 rings (SSSR count). The van der Waals surface area contributed by atoms with Gasteiger partial charge in [-0.2, -0.15) is 0 Å². The molecule has 2 heteroatoms. The summed E-state index contributed by atoms with van der Waals surface area (Å²) in [7, 11) is 0. The molecule has 0 radical (unpaired) electrons. The summed E-state index contributed by atoms with van der Waals surface area (Å²) in [5.41, 5.74) is 1.54. The zero-order valence-electron chi connectivity index (χ0n) is 8.75. The van der Waals surface area contributed by atoms with Gasteiger partial charge in [-0.1, -0.05) is 20.8 Å². The molecule has 0 aliphatic carbocycles. The predicted molar refractivity (Wildman–Crippen MR) is 54.4 cm³/mol. The summed E-state index contributed by atoms with van der Waals surface area (Å²) in [4.78, 5) is 8.27. The molecule has 1 aromatic rings. The number of nitrogens with zero attached hydrogens (tertiary/aromatic N) is 2. The van der Waals surface area contributed by atoms with Crippen molar-refractivity contribution in [2.75, 3.05) is 0 Å². The average Bonchev–Trinajstić information content (AvgIpc) is 2.04. The molecular formula is C11H18N2. The topological polar surface area (TPSA) is 25.8 Å². The molecule has 0 atom stereocenters. The van der Waals surface area contributed by atoms with Gasteiger partial charge in [0.15, 0.2) is 0 Å². The SMILES string of the molecule is CC(C)(C)CCCc1cnccn1. The maximum absolute atomic E-state index is 4.24. The lowest BCUT2D eigenvalue weighted by Gasteiger charge is -2.17. The van der Waals surface area contributed by atoms with E-state index in [1.165, 1.54) is 12.8 Å². The van der Waals surface area contributed by atoms with Gasteiger partial charge in [0.2, 0.25) is 0 Å². The highest BCUT2D eigenvalue weighted by atomic mass is 14.8. The minimum Gasteiger partial charge on any atom is -0.261 e. The van der Waals surface area contributed by atoms with E-state index in [0.29, 0.717) is 5.41 Å². The van der Waals surface area contributed by atoms with Gasteiger partial charge in [-0.25, -0.2) is 0 Å². The molecule has 0 saturated heterocycles. The Morgan fingerprint density at radius 3 is 2.54 bits per heavy atom. The van der Waals surface area contributed by atoms with Crippen molar-refractivity contribution in [2.24, 2.45) is 5.41 Å². The van der Waals surface area contributed by atoms with Crippen LogP contribution in [0.15, 0.2) is 18.6 Å². The zero-order valence-corrected chi connectivity index (χ0v) is 8.75. The minimum atomic E-state index is 0.433. The van der Waals surface area contributed by atoms with E-state index in [1.54, 1.807) is 12.4 Å². The largest absolute Gasteiger partial charge is 0.261 e. The maximum atomic E-state index is 4.24. The van der Waals surface area contributed by atoms with Crippen LogP contribution in [0.4, 0.5) is 0 Å². The van der Waals surface area contributed by atoms with Gasteiger partial charge in [-0.3, -0.25) is 9.97 Å². The fourth-order valence-electron chi connectivity index (χ4n) is 1.26. The fraction of sp³-hybridized carbons (Fsp3) is 0.636. The van der Waals surface area contributed by atoms with E-state index in [4.69, 9.17) is 0 Å². The van der Waals surface area contributed by atoms with Crippen molar-refractivity contribution in [1.82, 2.24) is 9.97 Å². The highest BCUT2D eigenvalue weighted by Crippen LogP contribution is 2.21. The third-order valence-electron chi connectivity index (χ3n) is 1.98. The predicted octanol–water partition coefficient (Wildman–Crippen LogP) is 2.85. The quantitative estimate of drug-likeness (QED) is 0.711. The van der Waals surface area contributed by atoms with Crippen molar-refractivity contribution in [2.45, 2.75) is 40.0 Å². The van der Waals surface area contributed by atoms with Gasteiger partial charge >= 0.3 is 0 Å². The molecule has 0 bridgehead atoms. The lowest BCUT2D eigenvalue weighted by molar-refractivity contribution is 0.365. The second-order valence-corrected chi connectivity index (χ2v) is 4.61. The molecule has 0 N–H and O–H groups in total. The molecule has 72 valence electrons. The molecule has 0 aliphatic heterocycles. The van der Waals surface area contributed by atoms with Crippen LogP contribution in [0.5, 0.6) is 0 Å². The van der Waals surface area contributed by atoms with Crippen molar-refractivity contribution in [3.63, 3.8) is 0 Å². The van der Waals surface area contributed by atoms with Crippen LogP contribution in [0, 0.1) is 5.41 Å². The monoisotopic (exact) mass is 178 g/mol. The van der Waals surface area contributed by atoms with E-state index >= 15 is 0 Å². The first-order chi connectivity index (χ1) is 6.08. The van der Waals surface area contributed by atoms with Crippen LogP contribution in [0.2, 0.25) is 0 Å². The molecule has 2 nitrogen and oxygen atoms in total. The van der Waals surface area contributed by atoms with Crippen molar-refractivity contribution in [1.29, 1.82) is 0 Å².